The molecule has 2 amide bonds. The highest BCUT2D eigenvalue weighted by atomic mass is 16.5. The topological polar surface area (TPSA) is 89.3 Å². The van der Waals surface area contributed by atoms with E-state index < -0.39 is 5.54 Å². The molecule has 3 aromatic rings. The molecular formula is C29H31N5O4. The Bertz CT molecular complexity index is 1430. The molecule has 4 aliphatic heterocycles. The van der Waals surface area contributed by atoms with Gasteiger partial charge in [0.15, 0.2) is 5.54 Å². The lowest BCUT2D eigenvalue weighted by Crippen LogP contribution is -2.57. The number of amidine groups is 1. The zero-order valence-electron chi connectivity index (χ0n) is 21.5. The molecule has 1 unspecified atom stereocenters. The van der Waals surface area contributed by atoms with Crippen molar-refractivity contribution in [3.8, 4) is 11.1 Å². The minimum absolute atomic E-state index is 0.0139. The Morgan fingerprint density at radius 3 is 2.61 bits per heavy atom. The van der Waals surface area contributed by atoms with Crippen molar-refractivity contribution in [2.45, 2.75) is 30.9 Å². The Hall–Kier alpha value is -3.56. The van der Waals surface area contributed by atoms with Gasteiger partial charge in [0, 0.05) is 63.2 Å². The number of aromatic nitrogens is 2. The maximum absolute atomic E-state index is 13.7. The van der Waals surface area contributed by atoms with Crippen molar-refractivity contribution >= 4 is 28.6 Å². The summed E-state index contributed by atoms with van der Waals surface area (Å²) in [4.78, 5) is 35.0. The van der Waals surface area contributed by atoms with Crippen molar-refractivity contribution in [2.24, 2.45) is 18.0 Å². The first-order valence-electron chi connectivity index (χ1n) is 13.4. The third-order valence-corrected chi connectivity index (χ3v) is 8.36. The summed E-state index contributed by atoms with van der Waals surface area (Å²) in [5, 5.41) is 5.44. The second kappa shape index (κ2) is 9.03. The van der Waals surface area contributed by atoms with Crippen LogP contribution in [0.1, 0.15) is 24.8 Å². The molecule has 3 fully saturated rings. The Morgan fingerprint density at radius 2 is 1.87 bits per heavy atom. The van der Waals surface area contributed by atoms with Crippen LogP contribution in [-0.2, 0) is 26.1 Å². The van der Waals surface area contributed by atoms with Crippen LogP contribution in [0.4, 0.5) is 0 Å². The summed E-state index contributed by atoms with van der Waals surface area (Å²) < 4.78 is 13.1. The van der Waals surface area contributed by atoms with Gasteiger partial charge in [-0.05, 0) is 36.1 Å². The average molecular weight is 514 g/mol. The molecular weight excluding hydrogens is 482 g/mol. The molecule has 7 rings (SSSR count). The van der Waals surface area contributed by atoms with Crippen LogP contribution in [0.15, 0.2) is 53.7 Å². The molecule has 0 aliphatic carbocycles. The summed E-state index contributed by atoms with van der Waals surface area (Å²) in [6.45, 7) is 3.37. The lowest BCUT2D eigenvalue weighted by atomic mass is 9.95. The Labute approximate surface area is 221 Å². The van der Waals surface area contributed by atoms with Gasteiger partial charge in [0.05, 0.1) is 18.3 Å². The molecule has 1 spiro atoms. The van der Waals surface area contributed by atoms with E-state index in [4.69, 9.17) is 14.5 Å². The van der Waals surface area contributed by atoms with Gasteiger partial charge in [0.2, 0.25) is 0 Å². The molecule has 38 heavy (non-hydrogen) atoms. The van der Waals surface area contributed by atoms with E-state index in [1.54, 1.807) is 0 Å². The Balaban J connectivity index is 1.11. The third-order valence-electron chi connectivity index (χ3n) is 8.36. The van der Waals surface area contributed by atoms with Gasteiger partial charge in [-0.1, -0.05) is 30.3 Å². The lowest BCUT2D eigenvalue weighted by molar-refractivity contribution is -0.148. The van der Waals surface area contributed by atoms with E-state index in [2.05, 4.69) is 35.4 Å². The predicted molar refractivity (Wildman–Crippen MR) is 142 cm³/mol. The second-order valence-corrected chi connectivity index (χ2v) is 10.9. The molecule has 3 saturated heterocycles. The molecule has 196 valence electrons. The Kier molecular flexibility index (Phi) is 5.59. The number of hydrogen-bond acceptors (Lipinski definition) is 6. The molecule has 4 aliphatic rings. The summed E-state index contributed by atoms with van der Waals surface area (Å²) in [6.07, 6.45) is 3.93. The number of rotatable bonds is 5. The minimum atomic E-state index is -0.823. The van der Waals surface area contributed by atoms with E-state index in [-0.39, 0.29) is 23.8 Å². The number of carbonyl (C=O) groups excluding carboxylic acids is 2. The largest absolute Gasteiger partial charge is 0.378 e. The van der Waals surface area contributed by atoms with Gasteiger partial charge in [0.1, 0.15) is 11.9 Å². The van der Waals surface area contributed by atoms with E-state index in [0.29, 0.717) is 51.7 Å². The van der Waals surface area contributed by atoms with Crippen LogP contribution in [0, 0.1) is 5.92 Å². The first kappa shape index (κ1) is 23.5. The third kappa shape index (κ3) is 3.84. The minimum Gasteiger partial charge on any atom is -0.378 e. The number of aliphatic imine (C=N–C) groups is 1. The van der Waals surface area contributed by atoms with Crippen LogP contribution >= 0.6 is 0 Å². The average Bonchev–Trinajstić information content (AvgIpc) is 3.72. The molecule has 2 atom stereocenters. The number of amides is 2. The van der Waals surface area contributed by atoms with Gasteiger partial charge in [-0.25, -0.2) is 4.99 Å². The fourth-order valence-corrected chi connectivity index (χ4v) is 6.11. The van der Waals surface area contributed by atoms with Crippen LogP contribution in [0.2, 0.25) is 0 Å². The Morgan fingerprint density at radius 1 is 1.08 bits per heavy atom. The summed E-state index contributed by atoms with van der Waals surface area (Å²) in [7, 11) is 1.94. The highest BCUT2D eigenvalue weighted by Gasteiger charge is 2.52. The number of nitrogens with zero attached hydrogens (tertiary/aromatic N) is 5. The quantitative estimate of drug-likeness (QED) is 0.523. The molecule has 9 nitrogen and oxygen atoms in total. The number of likely N-dealkylation sites (tertiary alicyclic amines) is 1. The van der Waals surface area contributed by atoms with Gasteiger partial charge >= 0.3 is 0 Å². The highest BCUT2D eigenvalue weighted by Crippen LogP contribution is 2.35. The van der Waals surface area contributed by atoms with E-state index in [9.17, 15) is 9.59 Å². The number of carbonyl (C=O) groups is 2. The van der Waals surface area contributed by atoms with Crippen molar-refractivity contribution < 1.29 is 19.1 Å². The zero-order valence-corrected chi connectivity index (χ0v) is 21.5. The van der Waals surface area contributed by atoms with Crippen LogP contribution in [0.5, 0.6) is 0 Å². The number of hydrogen-bond donors (Lipinski definition) is 0. The fraction of sp³-hybridized carbons (Fsp3) is 0.448. The molecule has 1 aromatic heterocycles. The molecule has 9 heteroatoms. The van der Waals surface area contributed by atoms with Crippen LogP contribution in [0.25, 0.3) is 22.0 Å². The number of fused-ring (bicyclic) bond motifs is 1. The van der Waals surface area contributed by atoms with Crippen molar-refractivity contribution in [2.75, 3.05) is 39.5 Å². The van der Waals surface area contributed by atoms with Gasteiger partial charge in [0.25, 0.3) is 11.8 Å². The predicted octanol–water partition coefficient (Wildman–Crippen LogP) is 2.63. The normalized spacial score (nSPS) is 25.6. The highest BCUT2D eigenvalue weighted by molar-refractivity contribution is 6.15. The zero-order chi connectivity index (χ0) is 25.9. The van der Waals surface area contributed by atoms with Crippen molar-refractivity contribution in [3.63, 3.8) is 0 Å². The molecule has 5 heterocycles. The first-order chi connectivity index (χ1) is 18.5. The molecule has 0 bridgehead atoms. The monoisotopic (exact) mass is 513 g/mol. The van der Waals surface area contributed by atoms with Gasteiger partial charge in [-0.2, -0.15) is 5.10 Å². The second-order valence-electron chi connectivity index (χ2n) is 10.9. The van der Waals surface area contributed by atoms with Crippen LogP contribution < -0.4 is 0 Å². The number of benzene rings is 2. The van der Waals surface area contributed by atoms with Gasteiger partial charge < -0.3 is 14.4 Å². The maximum atomic E-state index is 13.7. The summed E-state index contributed by atoms with van der Waals surface area (Å²) >= 11 is 0. The van der Waals surface area contributed by atoms with E-state index in [1.807, 2.05) is 39.9 Å². The number of aryl methyl sites for hydroxylation is 1. The molecule has 2 aromatic carbocycles. The van der Waals surface area contributed by atoms with Crippen LogP contribution in [-0.4, -0.2) is 88.3 Å². The lowest BCUT2D eigenvalue weighted by Gasteiger charge is -2.42. The van der Waals surface area contributed by atoms with E-state index >= 15 is 0 Å². The van der Waals surface area contributed by atoms with Gasteiger partial charge in [-0.15, -0.1) is 0 Å². The van der Waals surface area contributed by atoms with Gasteiger partial charge in [-0.3, -0.25) is 19.2 Å². The van der Waals surface area contributed by atoms with Crippen LogP contribution in [0.3, 0.4) is 0 Å². The summed E-state index contributed by atoms with van der Waals surface area (Å²) in [6, 6.07) is 14.6. The molecule has 0 N–H and O–H groups in total. The summed E-state index contributed by atoms with van der Waals surface area (Å²) in [5.41, 5.74) is 3.40. The van der Waals surface area contributed by atoms with Crippen molar-refractivity contribution in [1.82, 2.24) is 19.6 Å². The van der Waals surface area contributed by atoms with E-state index in [1.165, 1.54) is 0 Å². The van der Waals surface area contributed by atoms with Crippen molar-refractivity contribution in [1.29, 1.82) is 0 Å². The summed E-state index contributed by atoms with van der Waals surface area (Å²) in [5.74, 6) is 1.03. The molecule has 0 saturated carbocycles. The SMILES string of the molecule is Cn1ncc2cc(-c3ccc(C4=NC5(CCOC5)C(=O)N4CC4CN(C(=O)[C@H]5CCCO5)C4)cc3)ccc21. The fourth-order valence-electron chi connectivity index (χ4n) is 6.11. The van der Waals surface area contributed by atoms with E-state index in [0.717, 1.165) is 40.4 Å². The smallest absolute Gasteiger partial charge is 0.258 e. The maximum Gasteiger partial charge on any atom is 0.258 e. The van der Waals surface area contributed by atoms with Crippen molar-refractivity contribution in [3.05, 3.63) is 54.2 Å². The molecule has 0 radical (unpaired) electrons. The standard InChI is InChI=1S/C29H31N5O4/c1-32-24-9-8-22(13-23(24)14-30-32)20-4-6-21(7-5-20)26-31-29(10-12-37-18-29)28(36)34(26)17-19-15-33(16-19)27(35)25-3-2-11-38-25/h4-9,13-14,19,25H,2-3,10-12,15-18H2,1H3/t25-,29?/m1/s1. The number of ether oxygens (including phenoxy) is 2. The first-order valence-corrected chi connectivity index (χ1v) is 13.4.